The minimum Gasteiger partial charge on any atom is -0.383 e. The number of hydrogen-bond acceptors (Lipinski definition) is 2. The number of hydrogen-bond donors (Lipinski definition) is 2. The molecule has 1 aromatic carbocycles. The Morgan fingerprint density at radius 3 is 2.86 bits per heavy atom. The summed E-state index contributed by atoms with van der Waals surface area (Å²) in [6.07, 6.45) is 0.975. The first-order valence-corrected chi connectivity index (χ1v) is 5.37. The average Bonchev–Trinajstić information content (AvgIpc) is 2.18. The van der Waals surface area contributed by atoms with Gasteiger partial charge in [-0.05, 0) is 38.2 Å². The second-order valence-electron chi connectivity index (χ2n) is 3.01. The molecule has 0 heterocycles. The second-order valence-corrected chi connectivity index (χ2v) is 3.92. The SMILES string of the molecule is CNCCCNc1cc(Br)ccc1F. The van der Waals surface area contributed by atoms with Crippen LogP contribution in [0, 0.1) is 5.82 Å². The van der Waals surface area contributed by atoms with E-state index < -0.39 is 0 Å². The van der Waals surface area contributed by atoms with Crippen molar-refractivity contribution in [3.05, 3.63) is 28.5 Å². The number of nitrogens with one attached hydrogen (secondary N) is 2. The summed E-state index contributed by atoms with van der Waals surface area (Å²) in [6.45, 7) is 1.71. The zero-order valence-corrected chi connectivity index (χ0v) is 9.70. The highest BCUT2D eigenvalue weighted by atomic mass is 79.9. The van der Waals surface area contributed by atoms with Crippen molar-refractivity contribution >= 4 is 21.6 Å². The first kappa shape index (κ1) is 11.5. The van der Waals surface area contributed by atoms with Gasteiger partial charge in [-0.2, -0.15) is 0 Å². The van der Waals surface area contributed by atoms with Crippen molar-refractivity contribution in [3.8, 4) is 0 Å². The van der Waals surface area contributed by atoms with E-state index in [9.17, 15) is 4.39 Å². The number of benzene rings is 1. The normalized spacial score (nSPS) is 10.2. The standard InChI is InChI=1S/C10H14BrFN2/c1-13-5-2-6-14-10-7-8(11)3-4-9(10)12/h3-4,7,13-14H,2,5-6H2,1H3. The highest BCUT2D eigenvalue weighted by Gasteiger charge is 2.00. The lowest BCUT2D eigenvalue weighted by atomic mass is 10.3. The highest BCUT2D eigenvalue weighted by molar-refractivity contribution is 9.10. The van der Waals surface area contributed by atoms with E-state index in [2.05, 4.69) is 26.6 Å². The van der Waals surface area contributed by atoms with Crippen molar-refractivity contribution in [3.63, 3.8) is 0 Å². The molecule has 0 fully saturated rings. The Kier molecular flexibility index (Phi) is 4.90. The molecule has 0 aliphatic carbocycles. The maximum Gasteiger partial charge on any atom is 0.146 e. The summed E-state index contributed by atoms with van der Waals surface area (Å²) >= 11 is 3.30. The van der Waals surface area contributed by atoms with Crippen LogP contribution in [0.5, 0.6) is 0 Å². The van der Waals surface area contributed by atoms with Crippen molar-refractivity contribution in [1.82, 2.24) is 5.32 Å². The molecule has 2 N–H and O–H groups in total. The molecular weight excluding hydrogens is 247 g/mol. The first-order chi connectivity index (χ1) is 6.74. The molecule has 0 radical (unpaired) electrons. The van der Waals surface area contributed by atoms with Crippen molar-refractivity contribution in [1.29, 1.82) is 0 Å². The van der Waals surface area contributed by atoms with Gasteiger partial charge in [0, 0.05) is 11.0 Å². The fraction of sp³-hybridized carbons (Fsp3) is 0.400. The van der Waals surface area contributed by atoms with Gasteiger partial charge in [-0.3, -0.25) is 0 Å². The molecule has 78 valence electrons. The zero-order valence-electron chi connectivity index (χ0n) is 8.11. The quantitative estimate of drug-likeness (QED) is 0.796. The summed E-state index contributed by atoms with van der Waals surface area (Å²) in [5.74, 6) is -0.211. The molecule has 0 saturated heterocycles. The van der Waals surface area contributed by atoms with Gasteiger partial charge in [0.15, 0.2) is 0 Å². The van der Waals surface area contributed by atoms with Crippen LogP contribution in [0.1, 0.15) is 6.42 Å². The third kappa shape index (κ3) is 3.64. The molecule has 4 heteroatoms. The molecule has 0 unspecified atom stereocenters. The van der Waals surface area contributed by atoms with Gasteiger partial charge >= 0.3 is 0 Å². The molecule has 0 atom stereocenters. The number of anilines is 1. The van der Waals surface area contributed by atoms with Gasteiger partial charge in [-0.1, -0.05) is 15.9 Å². The molecule has 14 heavy (non-hydrogen) atoms. The third-order valence-electron chi connectivity index (χ3n) is 1.85. The van der Waals surface area contributed by atoms with Gasteiger partial charge in [0.25, 0.3) is 0 Å². The monoisotopic (exact) mass is 260 g/mol. The predicted octanol–water partition coefficient (Wildman–Crippen LogP) is 2.61. The summed E-state index contributed by atoms with van der Waals surface area (Å²) in [4.78, 5) is 0. The molecule has 0 bridgehead atoms. The summed E-state index contributed by atoms with van der Waals surface area (Å²) in [7, 11) is 1.90. The molecule has 0 aliphatic rings. The van der Waals surface area contributed by atoms with Gasteiger partial charge in [0.05, 0.1) is 5.69 Å². The van der Waals surface area contributed by atoms with E-state index in [4.69, 9.17) is 0 Å². The van der Waals surface area contributed by atoms with Crippen LogP contribution in [-0.2, 0) is 0 Å². The minimum absolute atomic E-state index is 0.211. The topological polar surface area (TPSA) is 24.1 Å². The minimum atomic E-state index is -0.211. The van der Waals surface area contributed by atoms with Crippen LogP contribution >= 0.6 is 15.9 Å². The third-order valence-corrected chi connectivity index (χ3v) is 2.34. The fourth-order valence-electron chi connectivity index (χ4n) is 1.12. The molecule has 1 aromatic rings. The molecular formula is C10H14BrFN2. The second kappa shape index (κ2) is 5.98. The Hall–Kier alpha value is -0.610. The van der Waals surface area contributed by atoms with Crippen molar-refractivity contribution in [2.75, 3.05) is 25.5 Å². The number of halogens is 2. The molecule has 0 aliphatic heterocycles. The molecule has 0 amide bonds. The Morgan fingerprint density at radius 1 is 1.36 bits per heavy atom. The van der Waals surface area contributed by atoms with E-state index >= 15 is 0 Å². The van der Waals surface area contributed by atoms with Crippen molar-refractivity contribution < 1.29 is 4.39 Å². The Morgan fingerprint density at radius 2 is 2.14 bits per heavy atom. The van der Waals surface area contributed by atoms with E-state index in [-0.39, 0.29) is 5.82 Å². The summed E-state index contributed by atoms with van der Waals surface area (Å²) < 4.78 is 14.1. The maximum atomic E-state index is 13.2. The lowest BCUT2D eigenvalue weighted by Crippen LogP contribution is -2.13. The van der Waals surface area contributed by atoms with Crippen molar-refractivity contribution in [2.45, 2.75) is 6.42 Å². The van der Waals surface area contributed by atoms with E-state index in [1.807, 2.05) is 7.05 Å². The Balaban J connectivity index is 2.45. The fourth-order valence-corrected chi connectivity index (χ4v) is 1.48. The van der Waals surface area contributed by atoms with E-state index in [0.29, 0.717) is 5.69 Å². The van der Waals surface area contributed by atoms with Crippen LogP contribution in [0.3, 0.4) is 0 Å². The van der Waals surface area contributed by atoms with Crippen molar-refractivity contribution in [2.24, 2.45) is 0 Å². The molecule has 0 spiro atoms. The van der Waals surface area contributed by atoms with E-state index in [1.54, 1.807) is 12.1 Å². The lowest BCUT2D eigenvalue weighted by molar-refractivity contribution is 0.628. The van der Waals surface area contributed by atoms with Gasteiger partial charge < -0.3 is 10.6 Å². The summed E-state index contributed by atoms with van der Waals surface area (Å²) in [5, 5.41) is 6.08. The predicted molar refractivity (Wildman–Crippen MR) is 61.1 cm³/mol. The van der Waals surface area contributed by atoms with Gasteiger partial charge in [0.1, 0.15) is 5.82 Å². The zero-order chi connectivity index (χ0) is 10.4. The lowest BCUT2D eigenvalue weighted by Gasteiger charge is -2.07. The molecule has 0 saturated carbocycles. The Bertz CT molecular complexity index is 291. The Labute approximate surface area is 92.0 Å². The molecule has 2 nitrogen and oxygen atoms in total. The largest absolute Gasteiger partial charge is 0.383 e. The number of rotatable bonds is 5. The molecule has 1 rings (SSSR count). The van der Waals surface area contributed by atoms with E-state index in [0.717, 1.165) is 24.0 Å². The average molecular weight is 261 g/mol. The first-order valence-electron chi connectivity index (χ1n) is 4.57. The van der Waals surface area contributed by atoms with Crippen LogP contribution in [0.2, 0.25) is 0 Å². The van der Waals surface area contributed by atoms with Gasteiger partial charge in [-0.15, -0.1) is 0 Å². The van der Waals surface area contributed by atoms with Crippen LogP contribution in [0.25, 0.3) is 0 Å². The van der Waals surface area contributed by atoms with Crippen LogP contribution < -0.4 is 10.6 Å². The molecule has 0 aromatic heterocycles. The van der Waals surface area contributed by atoms with E-state index in [1.165, 1.54) is 6.07 Å². The van der Waals surface area contributed by atoms with Gasteiger partial charge in [-0.25, -0.2) is 4.39 Å². The van der Waals surface area contributed by atoms with Crippen LogP contribution in [0.15, 0.2) is 22.7 Å². The van der Waals surface area contributed by atoms with Gasteiger partial charge in [0.2, 0.25) is 0 Å². The van der Waals surface area contributed by atoms with Crippen LogP contribution in [-0.4, -0.2) is 20.1 Å². The summed E-state index contributed by atoms with van der Waals surface area (Å²) in [5.41, 5.74) is 0.551. The van der Waals surface area contributed by atoms with Crippen LogP contribution in [0.4, 0.5) is 10.1 Å². The smallest absolute Gasteiger partial charge is 0.146 e. The summed E-state index contributed by atoms with van der Waals surface area (Å²) in [6, 6.07) is 4.88. The maximum absolute atomic E-state index is 13.2. The highest BCUT2D eigenvalue weighted by Crippen LogP contribution is 2.19.